The third-order valence-corrected chi connectivity index (χ3v) is 16.0. The molecule has 1 aliphatic rings. The molecule has 0 fully saturated rings. The quantitative estimate of drug-likeness (QED) is 0.135. The van der Waals surface area contributed by atoms with Crippen LogP contribution in [0.5, 0.6) is 11.5 Å². The lowest BCUT2D eigenvalue weighted by Gasteiger charge is -2.26. The Kier molecular flexibility index (Phi) is 13.1. The van der Waals surface area contributed by atoms with Crippen molar-refractivity contribution in [2.45, 2.75) is 105 Å². The molecule has 0 aliphatic carbocycles. The molecule has 0 spiro atoms. The van der Waals surface area contributed by atoms with Crippen LogP contribution in [0.2, 0.25) is 0 Å². The van der Waals surface area contributed by atoms with Crippen molar-refractivity contribution in [3.63, 3.8) is 0 Å². The molecule has 1 aliphatic heterocycles. The topological polar surface area (TPSA) is 33.1 Å². The number of aromatic nitrogens is 2. The van der Waals surface area contributed by atoms with E-state index in [2.05, 4.69) is 309 Å². The van der Waals surface area contributed by atoms with E-state index in [1.165, 1.54) is 33.4 Å². The molecular formula is C76H72N4O+2. The number of benzene rings is 9. The summed E-state index contributed by atoms with van der Waals surface area (Å²) < 4.78 is 13.8. The number of rotatable bonds is 9. The van der Waals surface area contributed by atoms with Crippen LogP contribution in [-0.2, 0) is 21.7 Å². The number of ether oxygens (including phenoxy) is 1. The molecule has 3 heterocycles. The van der Waals surface area contributed by atoms with Gasteiger partial charge >= 0.3 is 11.7 Å². The predicted molar refractivity (Wildman–Crippen MR) is 342 cm³/mol. The van der Waals surface area contributed by atoms with Gasteiger partial charge in [-0.2, -0.15) is 0 Å². The third kappa shape index (κ3) is 10.1. The van der Waals surface area contributed by atoms with Gasteiger partial charge in [-0.25, -0.2) is 4.98 Å². The first-order valence-corrected chi connectivity index (χ1v) is 28.5. The summed E-state index contributed by atoms with van der Waals surface area (Å²) in [5.74, 6) is 2.31. The van der Waals surface area contributed by atoms with Crippen LogP contribution in [0.4, 0.5) is 22.7 Å². The Morgan fingerprint density at radius 1 is 0.370 bits per heavy atom. The van der Waals surface area contributed by atoms with E-state index >= 15 is 0 Å². The third-order valence-electron chi connectivity index (χ3n) is 16.0. The molecule has 0 bridgehead atoms. The summed E-state index contributed by atoms with van der Waals surface area (Å²) in [6.07, 6.45) is 1.94. The van der Waals surface area contributed by atoms with Crippen molar-refractivity contribution < 1.29 is 4.74 Å². The van der Waals surface area contributed by atoms with Crippen molar-refractivity contribution in [2.24, 2.45) is 0 Å². The van der Waals surface area contributed by atoms with Gasteiger partial charge in [0.1, 0.15) is 17.3 Å². The SMILES string of the molecule is CC(C)(C)c1cccc(-c2cccc3c2[N+](c2c(-c4ccccc4)cccc2-c2ccccc2)=C=[N+]3c2cccc(Oc3ccc4c5cc(-c6cc(C(C)(C)C)cc(C(C)(C)C)c6)ccc5n(-c5cc(C(C)(C)C)ccn5)c4c3)c2)c1. The summed E-state index contributed by atoms with van der Waals surface area (Å²) in [6.45, 7) is 27.4. The molecule has 5 heteroatoms. The van der Waals surface area contributed by atoms with Gasteiger partial charge in [0.25, 0.3) is 5.69 Å². The zero-order valence-corrected chi connectivity index (χ0v) is 49.0. The van der Waals surface area contributed by atoms with E-state index in [-0.39, 0.29) is 21.7 Å². The van der Waals surface area contributed by atoms with Gasteiger partial charge in [0.05, 0.1) is 33.8 Å². The van der Waals surface area contributed by atoms with Crippen molar-refractivity contribution in [3.05, 3.63) is 241 Å². The van der Waals surface area contributed by atoms with E-state index in [4.69, 9.17) is 9.72 Å². The summed E-state index contributed by atoms with van der Waals surface area (Å²) in [5.41, 5.74) is 20.4. The number of fused-ring (bicyclic) bond motifs is 4. The number of pyridine rings is 1. The van der Waals surface area contributed by atoms with Crippen molar-refractivity contribution in [3.8, 4) is 61.8 Å². The van der Waals surface area contributed by atoms with Crippen LogP contribution < -0.4 is 13.9 Å². The maximum atomic E-state index is 7.02. The predicted octanol–water partition coefficient (Wildman–Crippen LogP) is 20.7. The Morgan fingerprint density at radius 2 is 0.926 bits per heavy atom. The zero-order chi connectivity index (χ0) is 56.6. The molecule has 2 aromatic heterocycles. The highest BCUT2D eigenvalue weighted by molar-refractivity contribution is 6.11. The first-order valence-electron chi connectivity index (χ1n) is 28.5. The average molecular weight is 1060 g/mol. The highest BCUT2D eigenvalue weighted by Gasteiger charge is 2.42. The fourth-order valence-electron chi connectivity index (χ4n) is 11.4. The number of nitrogens with zero attached hydrogens (tertiary/aromatic N) is 4. The molecule has 0 radical (unpaired) electrons. The molecule has 81 heavy (non-hydrogen) atoms. The highest BCUT2D eigenvalue weighted by atomic mass is 16.5. The molecule has 0 saturated carbocycles. The molecule has 0 unspecified atom stereocenters. The number of hydrogen-bond acceptors (Lipinski definition) is 2. The van der Waals surface area contributed by atoms with Crippen molar-refractivity contribution in [2.75, 3.05) is 0 Å². The van der Waals surface area contributed by atoms with Crippen molar-refractivity contribution in [1.29, 1.82) is 0 Å². The van der Waals surface area contributed by atoms with Crippen LogP contribution in [0.25, 0.3) is 72.1 Å². The summed E-state index contributed by atoms with van der Waals surface area (Å²) in [5, 5.41) is 2.29. The van der Waals surface area contributed by atoms with E-state index in [1.54, 1.807) is 0 Å². The maximum Gasteiger partial charge on any atom is 0.503 e. The molecule has 12 rings (SSSR count). The second-order valence-corrected chi connectivity index (χ2v) is 26.0. The fraction of sp³-hybridized carbons (Fsp3) is 0.211. The average Bonchev–Trinajstić information content (AvgIpc) is 3.45. The highest BCUT2D eigenvalue weighted by Crippen LogP contribution is 2.49. The first kappa shape index (κ1) is 52.8. The molecular weight excluding hydrogens is 985 g/mol. The van der Waals surface area contributed by atoms with Gasteiger partial charge in [-0.15, -0.1) is 0 Å². The minimum Gasteiger partial charge on any atom is -0.457 e. The smallest absolute Gasteiger partial charge is 0.457 e. The Morgan fingerprint density at radius 3 is 1.57 bits per heavy atom. The lowest BCUT2D eigenvalue weighted by Crippen LogP contribution is -2.16. The van der Waals surface area contributed by atoms with E-state index in [9.17, 15) is 0 Å². The number of para-hydroxylation sites is 2. The van der Waals surface area contributed by atoms with Gasteiger partial charge in [0.15, 0.2) is 0 Å². The lowest BCUT2D eigenvalue weighted by molar-refractivity contribution is 0.483. The Balaban J connectivity index is 1.02. The van der Waals surface area contributed by atoms with Gasteiger partial charge in [0.2, 0.25) is 11.4 Å². The Labute approximate surface area is 478 Å². The van der Waals surface area contributed by atoms with Crippen LogP contribution >= 0.6 is 0 Å². The molecule has 0 atom stereocenters. The van der Waals surface area contributed by atoms with Crippen LogP contribution in [0.15, 0.2) is 219 Å². The van der Waals surface area contributed by atoms with Gasteiger partial charge in [-0.05, 0) is 142 Å². The molecule has 400 valence electrons. The summed E-state index contributed by atoms with van der Waals surface area (Å²) >= 11 is 0. The minimum atomic E-state index is -0.0676. The van der Waals surface area contributed by atoms with Gasteiger partial charge in [0, 0.05) is 35.2 Å². The first-order chi connectivity index (χ1) is 38.7. The van der Waals surface area contributed by atoms with Crippen LogP contribution in [-0.4, -0.2) is 15.6 Å². The van der Waals surface area contributed by atoms with E-state index < -0.39 is 0 Å². The molecule has 11 aromatic rings. The van der Waals surface area contributed by atoms with E-state index in [0.29, 0.717) is 5.75 Å². The van der Waals surface area contributed by atoms with Crippen molar-refractivity contribution >= 4 is 50.6 Å². The number of hydrogen-bond donors (Lipinski definition) is 0. The van der Waals surface area contributed by atoms with Crippen LogP contribution in [0.3, 0.4) is 0 Å². The summed E-state index contributed by atoms with van der Waals surface area (Å²) in [6, 6.07) is 81.1. The second kappa shape index (κ2) is 20.0. The fourth-order valence-corrected chi connectivity index (χ4v) is 11.4. The summed E-state index contributed by atoms with van der Waals surface area (Å²) in [7, 11) is 0. The lowest BCUT2D eigenvalue weighted by atomic mass is 9.79. The normalized spacial score (nSPS) is 12.9. The van der Waals surface area contributed by atoms with Gasteiger partial charge in [-0.1, -0.05) is 210 Å². The summed E-state index contributed by atoms with van der Waals surface area (Å²) in [4.78, 5) is 5.06. The van der Waals surface area contributed by atoms with Gasteiger partial charge < -0.3 is 4.74 Å². The van der Waals surface area contributed by atoms with E-state index in [0.717, 1.165) is 89.5 Å². The van der Waals surface area contributed by atoms with Crippen LogP contribution in [0, 0.1) is 0 Å². The standard InChI is InChI=1S/C76H72N4O/c1-73(2,3)55-28-19-27-53(41-55)64-33-22-34-68-72(64)79(71-62(50-23-15-13-16-24-50)31-21-32-63(71)51-25-17-14-18-26-51)49-78(68)59-29-20-30-60(47-59)81-61-36-37-65-66-44-52(54-42-57(75(7,8)9)45-58(43-54)76(10,11)12)35-38-67(66)80(69(65)48-61)70-46-56(39-40-77-70)74(4,5)6/h13-48H,1-12H3/q+2. The largest absolute Gasteiger partial charge is 0.503 e. The maximum absolute atomic E-state index is 7.02. The second-order valence-electron chi connectivity index (χ2n) is 26.0. The zero-order valence-electron chi connectivity index (χ0n) is 49.0. The minimum absolute atomic E-state index is 0.00434. The van der Waals surface area contributed by atoms with Gasteiger partial charge in [-0.3, -0.25) is 4.57 Å². The Hall–Kier alpha value is -8.89. The molecule has 0 N–H and O–H groups in total. The van der Waals surface area contributed by atoms with Crippen molar-refractivity contribution in [1.82, 2.24) is 18.7 Å². The Bertz CT molecular complexity index is 4220. The molecule has 9 aromatic carbocycles. The molecule has 5 nitrogen and oxygen atoms in total. The molecule has 0 amide bonds. The molecule has 0 saturated heterocycles. The van der Waals surface area contributed by atoms with Crippen LogP contribution in [0.1, 0.15) is 105 Å². The van der Waals surface area contributed by atoms with E-state index in [1.807, 2.05) is 12.3 Å². The monoisotopic (exact) mass is 1060 g/mol.